The van der Waals surface area contributed by atoms with Crippen molar-refractivity contribution in [3.8, 4) is 0 Å². The Morgan fingerprint density at radius 2 is 2.10 bits per heavy atom. The van der Waals surface area contributed by atoms with Gasteiger partial charge >= 0.3 is 0 Å². The number of nitrogens with one attached hydrogen (secondary N) is 1. The molecule has 6 heteroatoms. The molecule has 0 aromatic carbocycles. The lowest BCUT2D eigenvalue weighted by atomic mass is 10.0. The van der Waals surface area contributed by atoms with Crippen LogP contribution in [0, 0.1) is 6.92 Å². The van der Waals surface area contributed by atoms with E-state index in [1.807, 2.05) is 27.0 Å². The van der Waals surface area contributed by atoms with Gasteiger partial charge in [0, 0.05) is 19.5 Å². The average molecular weight is 278 g/mol. The van der Waals surface area contributed by atoms with E-state index in [-0.39, 0.29) is 17.9 Å². The molecule has 1 saturated heterocycles. The highest BCUT2D eigenvalue weighted by molar-refractivity contribution is 5.93. The fraction of sp³-hybridized carbons (Fsp3) is 0.643. The van der Waals surface area contributed by atoms with Crippen molar-refractivity contribution in [2.24, 2.45) is 7.05 Å². The minimum absolute atomic E-state index is 0.0605. The van der Waals surface area contributed by atoms with E-state index in [2.05, 4.69) is 10.4 Å². The normalized spacial score (nSPS) is 22.6. The van der Waals surface area contributed by atoms with Crippen LogP contribution in [0.25, 0.3) is 0 Å². The van der Waals surface area contributed by atoms with E-state index < -0.39 is 5.54 Å². The lowest BCUT2D eigenvalue weighted by molar-refractivity contribution is -0.139. The standard InChI is InChI=1S/C14H22N4O2/c1-9-6-11(17(5)16-9)8-18-10(2)7-12(19)15-14(3,4)13(18)20/h6,10H,7-8H2,1-5H3,(H,15,19). The van der Waals surface area contributed by atoms with Crippen LogP contribution < -0.4 is 5.32 Å². The number of rotatable bonds is 2. The summed E-state index contributed by atoms with van der Waals surface area (Å²) in [6.45, 7) is 7.78. The maximum atomic E-state index is 12.6. The molecule has 2 rings (SSSR count). The Bertz CT molecular complexity index is 547. The molecule has 1 aromatic heterocycles. The Morgan fingerprint density at radius 3 is 2.65 bits per heavy atom. The van der Waals surface area contributed by atoms with Gasteiger partial charge in [-0.2, -0.15) is 5.10 Å². The Morgan fingerprint density at radius 1 is 1.45 bits per heavy atom. The summed E-state index contributed by atoms with van der Waals surface area (Å²) in [6, 6.07) is 1.84. The van der Waals surface area contributed by atoms with Gasteiger partial charge in [0.1, 0.15) is 5.54 Å². The number of aromatic nitrogens is 2. The zero-order valence-electron chi connectivity index (χ0n) is 12.7. The first-order valence-corrected chi connectivity index (χ1v) is 6.82. The van der Waals surface area contributed by atoms with Crippen LogP contribution in [-0.4, -0.2) is 38.1 Å². The first-order chi connectivity index (χ1) is 9.20. The minimum Gasteiger partial charge on any atom is -0.342 e. The highest BCUT2D eigenvalue weighted by atomic mass is 16.2. The topological polar surface area (TPSA) is 67.2 Å². The first kappa shape index (κ1) is 14.6. The van der Waals surface area contributed by atoms with Gasteiger partial charge in [-0.3, -0.25) is 14.3 Å². The highest BCUT2D eigenvalue weighted by Gasteiger charge is 2.39. The number of nitrogens with zero attached hydrogens (tertiary/aromatic N) is 3. The average Bonchev–Trinajstić information content (AvgIpc) is 2.58. The molecule has 0 saturated carbocycles. The fourth-order valence-electron chi connectivity index (χ4n) is 2.61. The molecule has 1 N–H and O–H groups in total. The third-order valence-corrected chi connectivity index (χ3v) is 3.69. The van der Waals surface area contributed by atoms with Crippen molar-refractivity contribution in [1.29, 1.82) is 0 Å². The summed E-state index contributed by atoms with van der Waals surface area (Å²) in [5.74, 6) is -0.144. The first-order valence-electron chi connectivity index (χ1n) is 6.82. The molecule has 1 atom stereocenters. The minimum atomic E-state index is -0.866. The number of hydrogen-bond donors (Lipinski definition) is 1. The van der Waals surface area contributed by atoms with Gasteiger partial charge in [-0.15, -0.1) is 0 Å². The summed E-state index contributed by atoms with van der Waals surface area (Å²) < 4.78 is 1.78. The Labute approximate surface area is 119 Å². The summed E-state index contributed by atoms with van der Waals surface area (Å²) in [6.07, 6.45) is 0.325. The van der Waals surface area contributed by atoms with Gasteiger partial charge in [-0.25, -0.2) is 0 Å². The SMILES string of the molecule is Cc1cc(CN2C(=O)C(C)(C)NC(=O)CC2C)n(C)n1. The predicted molar refractivity (Wildman–Crippen MR) is 74.8 cm³/mol. The molecule has 110 valence electrons. The number of carbonyl (C=O) groups excluding carboxylic acids is 2. The van der Waals surface area contributed by atoms with Crippen LogP contribution in [-0.2, 0) is 23.2 Å². The second kappa shape index (κ2) is 4.92. The largest absolute Gasteiger partial charge is 0.342 e. The molecule has 0 bridgehead atoms. The molecule has 1 fully saturated rings. The van der Waals surface area contributed by atoms with Crippen LogP contribution in [0.3, 0.4) is 0 Å². The maximum absolute atomic E-state index is 12.6. The second-order valence-corrected chi connectivity index (χ2v) is 6.06. The predicted octanol–water partition coefficient (Wildman–Crippen LogP) is 0.744. The summed E-state index contributed by atoms with van der Waals surface area (Å²) in [5, 5.41) is 7.08. The van der Waals surface area contributed by atoms with Crippen LogP contribution in [0.2, 0.25) is 0 Å². The maximum Gasteiger partial charge on any atom is 0.248 e. The molecule has 0 radical (unpaired) electrons. The van der Waals surface area contributed by atoms with E-state index >= 15 is 0 Å². The summed E-state index contributed by atoms with van der Waals surface area (Å²) >= 11 is 0. The van der Waals surface area contributed by atoms with E-state index in [4.69, 9.17) is 0 Å². The molecule has 6 nitrogen and oxygen atoms in total. The van der Waals surface area contributed by atoms with Crippen molar-refractivity contribution in [1.82, 2.24) is 20.0 Å². The summed E-state index contributed by atoms with van der Waals surface area (Å²) in [5.41, 5.74) is 1.02. The summed E-state index contributed by atoms with van der Waals surface area (Å²) in [7, 11) is 1.86. The Kier molecular flexibility index (Phi) is 3.58. The molecular weight excluding hydrogens is 256 g/mol. The lowest BCUT2D eigenvalue weighted by Crippen LogP contribution is -2.53. The van der Waals surface area contributed by atoms with Gasteiger partial charge in [0.05, 0.1) is 17.9 Å². The van der Waals surface area contributed by atoms with Gasteiger partial charge in [0.25, 0.3) is 0 Å². The quantitative estimate of drug-likeness (QED) is 0.868. The monoisotopic (exact) mass is 278 g/mol. The fourth-order valence-corrected chi connectivity index (χ4v) is 2.61. The molecule has 1 aromatic rings. The molecule has 20 heavy (non-hydrogen) atoms. The molecule has 0 spiro atoms. The van der Waals surface area contributed by atoms with E-state index in [1.54, 1.807) is 23.4 Å². The Hall–Kier alpha value is -1.85. The number of carbonyl (C=O) groups is 2. The van der Waals surface area contributed by atoms with Crippen molar-refractivity contribution in [3.05, 3.63) is 17.5 Å². The number of amides is 2. The van der Waals surface area contributed by atoms with Gasteiger partial charge < -0.3 is 10.2 Å². The number of aryl methyl sites for hydroxylation is 2. The highest BCUT2D eigenvalue weighted by Crippen LogP contribution is 2.20. The van der Waals surface area contributed by atoms with Crippen molar-refractivity contribution in [2.45, 2.75) is 52.2 Å². The Balaban J connectivity index is 2.30. The van der Waals surface area contributed by atoms with E-state index in [9.17, 15) is 9.59 Å². The van der Waals surface area contributed by atoms with E-state index in [1.165, 1.54) is 0 Å². The van der Waals surface area contributed by atoms with E-state index in [0.717, 1.165) is 11.4 Å². The molecule has 1 unspecified atom stereocenters. The molecule has 0 aliphatic carbocycles. The molecule has 2 heterocycles. The zero-order valence-corrected chi connectivity index (χ0v) is 12.7. The molecule has 1 aliphatic rings. The van der Waals surface area contributed by atoms with Crippen LogP contribution in [0.15, 0.2) is 6.07 Å². The van der Waals surface area contributed by atoms with E-state index in [0.29, 0.717) is 13.0 Å². The molecule has 2 amide bonds. The lowest BCUT2D eigenvalue weighted by Gasteiger charge is -2.31. The smallest absolute Gasteiger partial charge is 0.248 e. The van der Waals surface area contributed by atoms with Crippen LogP contribution in [0.5, 0.6) is 0 Å². The zero-order chi connectivity index (χ0) is 15.1. The molecular formula is C14H22N4O2. The van der Waals surface area contributed by atoms with Crippen LogP contribution >= 0.6 is 0 Å². The van der Waals surface area contributed by atoms with Gasteiger partial charge in [-0.05, 0) is 33.8 Å². The van der Waals surface area contributed by atoms with Crippen LogP contribution in [0.1, 0.15) is 38.6 Å². The second-order valence-electron chi connectivity index (χ2n) is 6.06. The van der Waals surface area contributed by atoms with Crippen molar-refractivity contribution in [2.75, 3.05) is 0 Å². The van der Waals surface area contributed by atoms with Gasteiger partial charge in [0.15, 0.2) is 0 Å². The van der Waals surface area contributed by atoms with Crippen LogP contribution in [0.4, 0.5) is 0 Å². The third-order valence-electron chi connectivity index (χ3n) is 3.69. The summed E-state index contributed by atoms with van der Waals surface area (Å²) in [4.78, 5) is 26.2. The van der Waals surface area contributed by atoms with Crippen molar-refractivity contribution in [3.63, 3.8) is 0 Å². The van der Waals surface area contributed by atoms with Crippen molar-refractivity contribution >= 4 is 11.8 Å². The van der Waals surface area contributed by atoms with Gasteiger partial charge in [-0.1, -0.05) is 0 Å². The van der Waals surface area contributed by atoms with Gasteiger partial charge in [0.2, 0.25) is 11.8 Å². The molecule has 1 aliphatic heterocycles. The number of hydrogen-bond acceptors (Lipinski definition) is 3. The third kappa shape index (κ3) is 2.69. The van der Waals surface area contributed by atoms with Crippen molar-refractivity contribution < 1.29 is 9.59 Å².